The first-order valence-corrected chi connectivity index (χ1v) is 6.29. The molecule has 0 aromatic heterocycles. The Morgan fingerprint density at radius 2 is 2.31 bits per heavy atom. The molecule has 78 valence electrons. The van der Waals surface area contributed by atoms with Crippen molar-refractivity contribution < 1.29 is 13.2 Å². The van der Waals surface area contributed by atoms with Gasteiger partial charge in [-0.2, -0.15) is 0 Å². The summed E-state index contributed by atoms with van der Waals surface area (Å²) in [5, 5.41) is 2.92. The highest BCUT2D eigenvalue weighted by atomic mass is 32.2. The maximum atomic E-state index is 11.4. The highest BCUT2D eigenvalue weighted by Crippen LogP contribution is 2.18. The van der Waals surface area contributed by atoms with Gasteiger partial charge in [-0.3, -0.25) is 0 Å². The number of sulfone groups is 1. The van der Waals surface area contributed by atoms with Gasteiger partial charge in [-0.1, -0.05) is 0 Å². The summed E-state index contributed by atoms with van der Waals surface area (Å²) in [5.41, 5.74) is 0. The Labute approximate surface area is 79.6 Å². The highest BCUT2D eigenvalue weighted by Gasteiger charge is 2.30. The minimum Gasteiger partial charge on any atom is -0.383 e. The number of methoxy groups -OCH3 is 1. The monoisotopic (exact) mass is 207 g/mol. The van der Waals surface area contributed by atoms with Crippen LogP contribution in [0.2, 0.25) is 0 Å². The van der Waals surface area contributed by atoms with Crippen molar-refractivity contribution in [3.63, 3.8) is 0 Å². The number of rotatable bonds is 5. The van der Waals surface area contributed by atoms with Gasteiger partial charge in [0.15, 0.2) is 9.84 Å². The second-order valence-corrected chi connectivity index (χ2v) is 5.73. The van der Waals surface area contributed by atoms with Gasteiger partial charge >= 0.3 is 0 Å². The van der Waals surface area contributed by atoms with Gasteiger partial charge in [0.05, 0.1) is 17.6 Å². The van der Waals surface area contributed by atoms with Gasteiger partial charge in [0, 0.05) is 20.2 Å². The maximum Gasteiger partial charge on any atom is 0.154 e. The van der Waals surface area contributed by atoms with Crippen molar-refractivity contribution in [2.75, 3.05) is 32.6 Å². The molecule has 0 aromatic rings. The predicted molar refractivity (Wildman–Crippen MR) is 51.6 cm³/mol. The topological polar surface area (TPSA) is 55.4 Å². The van der Waals surface area contributed by atoms with E-state index in [0.29, 0.717) is 18.9 Å². The molecule has 1 aliphatic heterocycles. The van der Waals surface area contributed by atoms with Crippen LogP contribution in [0.1, 0.15) is 12.8 Å². The van der Waals surface area contributed by atoms with Gasteiger partial charge < -0.3 is 10.1 Å². The normalized spacial score (nSPS) is 26.4. The Morgan fingerprint density at radius 3 is 2.85 bits per heavy atom. The summed E-state index contributed by atoms with van der Waals surface area (Å²) in [6.45, 7) is 1.93. The lowest BCUT2D eigenvalue weighted by atomic mass is 10.2. The molecule has 1 atom stereocenters. The van der Waals surface area contributed by atoms with Crippen LogP contribution in [0, 0.1) is 0 Å². The third kappa shape index (κ3) is 3.25. The van der Waals surface area contributed by atoms with E-state index in [-0.39, 0.29) is 5.25 Å². The Balaban J connectivity index is 2.22. The van der Waals surface area contributed by atoms with Crippen molar-refractivity contribution in [3.8, 4) is 0 Å². The van der Waals surface area contributed by atoms with Crippen molar-refractivity contribution in [3.05, 3.63) is 0 Å². The molecular formula is C8H17NO3S. The van der Waals surface area contributed by atoms with Gasteiger partial charge in [0.1, 0.15) is 0 Å². The zero-order valence-corrected chi connectivity index (χ0v) is 8.77. The molecule has 0 radical (unpaired) electrons. The van der Waals surface area contributed by atoms with E-state index in [0.717, 1.165) is 19.4 Å². The largest absolute Gasteiger partial charge is 0.383 e. The van der Waals surface area contributed by atoms with Crippen LogP contribution in [0.3, 0.4) is 0 Å². The summed E-state index contributed by atoms with van der Waals surface area (Å²) in [6, 6.07) is 0. The van der Waals surface area contributed by atoms with E-state index in [1.54, 1.807) is 7.11 Å². The second-order valence-electron chi connectivity index (χ2n) is 3.33. The maximum absolute atomic E-state index is 11.4. The van der Waals surface area contributed by atoms with Gasteiger partial charge in [-0.15, -0.1) is 0 Å². The molecule has 1 aliphatic rings. The first kappa shape index (κ1) is 10.9. The molecule has 1 heterocycles. The lowest BCUT2D eigenvalue weighted by molar-refractivity contribution is 0.199. The fourth-order valence-electron chi connectivity index (χ4n) is 1.52. The summed E-state index contributed by atoms with van der Waals surface area (Å²) in [7, 11) is -1.14. The minimum atomic E-state index is -2.78. The Bertz CT molecular complexity index is 238. The van der Waals surface area contributed by atoms with Crippen molar-refractivity contribution in [1.29, 1.82) is 0 Å². The van der Waals surface area contributed by atoms with Crippen LogP contribution >= 0.6 is 0 Å². The molecular weight excluding hydrogens is 190 g/mol. The number of hydrogen-bond donors (Lipinski definition) is 1. The van der Waals surface area contributed by atoms with Crippen LogP contribution < -0.4 is 5.32 Å². The smallest absolute Gasteiger partial charge is 0.154 e. The molecule has 5 heteroatoms. The number of nitrogens with one attached hydrogen (secondary N) is 1. The van der Waals surface area contributed by atoms with Crippen molar-refractivity contribution in [2.24, 2.45) is 0 Å². The van der Waals surface area contributed by atoms with E-state index in [9.17, 15) is 8.42 Å². The fourth-order valence-corrected chi connectivity index (χ4v) is 3.32. The molecule has 4 nitrogen and oxygen atoms in total. The third-order valence-corrected chi connectivity index (χ3v) is 4.59. The van der Waals surface area contributed by atoms with Crippen molar-refractivity contribution in [1.82, 2.24) is 5.32 Å². The molecule has 1 unspecified atom stereocenters. The molecule has 1 saturated heterocycles. The zero-order valence-electron chi connectivity index (χ0n) is 7.95. The van der Waals surface area contributed by atoms with E-state index in [1.807, 2.05) is 0 Å². The predicted octanol–water partition coefficient (Wildman–Crippen LogP) is -0.200. The first-order valence-electron chi connectivity index (χ1n) is 4.58. The van der Waals surface area contributed by atoms with Gasteiger partial charge in [0.25, 0.3) is 0 Å². The van der Waals surface area contributed by atoms with Gasteiger partial charge in [0.2, 0.25) is 0 Å². The van der Waals surface area contributed by atoms with E-state index in [1.165, 1.54) is 0 Å². The van der Waals surface area contributed by atoms with Gasteiger partial charge in [-0.25, -0.2) is 8.42 Å². The summed E-state index contributed by atoms with van der Waals surface area (Å²) >= 11 is 0. The van der Waals surface area contributed by atoms with Crippen LogP contribution in [0.25, 0.3) is 0 Å². The lowest BCUT2D eigenvalue weighted by Gasteiger charge is -2.09. The molecule has 0 aliphatic carbocycles. The molecule has 13 heavy (non-hydrogen) atoms. The van der Waals surface area contributed by atoms with Crippen molar-refractivity contribution in [2.45, 2.75) is 18.1 Å². The molecule has 0 spiro atoms. The summed E-state index contributed by atoms with van der Waals surface area (Å²) < 4.78 is 27.6. The first-order chi connectivity index (χ1) is 6.17. The molecule has 1 N–H and O–H groups in total. The molecule has 0 bridgehead atoms. The minimum absolute atomic E-state index is 0.163. The van der Waals surface area contributed by atoms with Crippen LogP contribution in [0.15, 0.2) is 0 Å². The van der Waals surface area contributed by atoms with Gasteiger partial charge in [-0.05, 0) is 12.8 Å². The van der Waals surface area contributed by atoms with Crippen LogP contribution in [-0.4, -0.2) is 46.2 Å². The van der Waals surface area contributed by atoms with E-state index in [4.69, 9.17) is 4.74 Å². The Morgan fingerprint density at radius 1 is 1.54 bits per heavy atom. The second kappa shape index (κ2) is 4.93. The van der Waals surface area contributed by atoms with E-state index in [2.05, 4.69) is 5.32 Å². The number of hydrogen-bond acceptors (Lipinski definition) is 4. The van der Waals surface area contributed by atoms with E-state index < -0.39 is 9.84 Å². The zero-order chi connectivity index (χ0) is 9.73. The standard InChI is InChI=1S/C8H17NO3S/c1-12-5-4-9-7-8-3-2-6-13(8,10)11/h8-9H,2-7H2,1H3. The molecule has 0 amide bonds. The highest BCUT2D eigenvalue weighted by molar-refractivity contribution is 7.92. The average molecular weight is 207 g/mol. The number of ether oxygens (including phenoxy) is 1. The lowest BCUT2D eigenvalue weighted by Crippen LogP contribution is -2.32. The summed E-state index contributed by atoms with van der Waals surface area (Å²) in [5.74, 6) is 0.365. The molecule has 1 fully saturated rings. The van der Waals surface area contributed by atoms with Crippen LogP contribution in [-0.2, 0) is 14.6 Å². The van der Waals surface area contributed by atoms with Crippen molar-refractivity contribution >= 4 is 9.84 Å². The fraction of sp³-hybridized carbons (Fsp3) is 1.00. The Hall–Kier alpha value is -0.130. The van der Waals surface area contributed by atoms with E-state index >= 15 is 0 Å². The quantitative estimate of drug-likeness (QED) is 0.634. The molecule has 1 rings (SSSR count). The third-order valence-electron chi connectivity index (χ3n) is 2.32. The summed E-state index contributed by atoms with van der Waals surface area (Å²) in [6.07, 6.45) is 1.63. The Kier molecular flexibility index (Phi) is 4.15. The SMILES string of the molecule is COCCNCC1CCCS1(=O)=O. The van der Waals surface area contributed by atoms with Crippen LogP contribution in [0.4, 0.5) is 0 Å². The summed E-state index contributed by atoms with van der Waals surface area (Å²) in [4.78, 5) is 0. The van der Waals surface area contributed by atoms with Crippen LogP contribution in [0.5, 0.6) is 0 Å². The molecule has 0 aromatic carbocycles. The molecule has 0 saturated carbocycles. The average Bonchev–Trinajstić information content (AvgIpc) is 2.40.